The van der Waals surface area contributed by atoms with Crippen molar-refractivity contribution in [3.05, 3.63) is 66.0 Å². The lowest BCUT2D eigenvalue weighted by Gasteiger charge is -2.26. The van der Waals surface area contributed by atoms with Crippen molar-refractivity contribution in [2.75, 3.05) is 39.4 Å². The van der Waals surface area contributed by atoms with Gasteiger partial charge >= 0.3 is 0 Å². The minimum Gasteiger partial charge on any atom is -0.379 e. The third kappa shape index (κ3) is 4.68. The monoisotopic (exact) mass is 480 g/mol. The lowest BCUT2D eigenvalue weighted by atomic mass is 10.00. The lowest BCUT2D eigenvalue weighted by Crippen LogP contribution is -2.40. The molecule has 0 unspecified atom stereocenters. The molecule has 3 heterocycles. The van der Waals surface area contributed by atoms with Gasteiger partial charge in [-0.05, 0) is 42.2 Å². The summed E-state index contributed by atoms with van der Waals surface area (Å²) in [6, 6.07) is 15.9. The molecule has 0 N–H and O–H groups in total. The molecule has 5 rings (SSSR count). The van der Waals surface area contributed by atoms with Crippen LogP contribution in [0.2, 0.25) is 0 Å². The summed E-state index contributed by atoms with van der Waals surface area (Å²) in [5.74, 6) is 0.995. The molecular weight excluding hydrogens is 448 g/mol. The summed E-state index contributed by atoms with van der Waals surface area (Å²) in [5, 5.41) is 0. The number of ether oxygens (including phenoxy) is 1. The number of sulfonamides is 1. The van der Waals surface area contributed by atoms with Crippen LogP contribution in [0.5, 0.6) is 0 Å². The maximum absolute atomic E-state index is 13.1. The van der Waals surface area contributed by atoms with Gasteiger partial charge in [-0.1, -0.05) is 43.3 Å². The highest BCUT2D eigenvalue weighted by molar-refractivity contribution is 7.89. The van der Waals surface area contributed by atoms with Crippen LogP contribution in [0.3, 0.4) is 0 Å². The third-order valence-electron chi connectivity index (χ3n) is 6.66. The van der Waals surface area contributed by atoms with Crippen LogP contribution in [-0.2, 0) is 27.8 Å². The molecule has 3 aromatic rings. The Morgan fingerprint density at radius 2 is 1.82 bits per heavy atom. The number of aryl methyl sites for hydroxylation is 1. The summed E-state index contributed by atoms with van der Waals surface area (Å²) in [5.41, 5.74) is 4.44. The van der Waals surface area contributed by atoms with E-state index in [9.17, 15) is 8.42 Å². The van der Waals surface area contributed by atoms with E-state index in [-0.39, 0.29) is 0 Å². The van der Waals surface area contributed by atoms with Crippen LogP contribution in [-0.4, -0.2) is 66.6 Å². The Labute approximate surface area is 201 Å². The van der Waals surface area contributed by atoms with E-state index >= 15 is 0 Å². The maximum Gasteiger partial charge on any atom is 0.243 e. The quantitative estimate of drug-likeness (QED) is 0.515. The van der Waals surface area contributed by atoms with Gasteiger partial charge in [-0.15, -0.1) is 0 Å². The standard InChI is InChI=1S/C26H32N4O3S/c1-2-12-30-25-9-8-23(34(31,32)29-15-17-33-18-16-29)19-24(25)27-26(30)20-28-13-10-22(11-14-28)21-6-4-3-5-7-21/h3-10,19H,2,11-18,20H2,1H3. The van der Waals surface area contributed by atoms with Gasteiger partial charge in [-0.3, -0.25) is 4.90 Å². The minimum atomic E-state index is -3.54. The number of morpholine rings is 1. The van der Waals surface area contributed by atoms with Crippen LogP contribution in [0.1, 0.15) is 31.2 Å². The molecule has 7 nitrogen and oxygen atoms in total. The Balaban J connectivity index is 1.39. The Hall–Kier alpha value is -2.52. The first-order chi connectivity index (χ1) is 16.6. The number of hydrogen-bond acceptors (Lipinski definition) is 5. The summed E-state index contributed by atoms with van der Waals surface area (Å²) in [6.07, 6.45) is 4.32. The highest BCUT2D eigenvalue weighted by Crippen LogP contribution is 2.26. The molecule has 0 saturated carbocycles. The number of imidazole rings is 1. The van der Waals surface area contributed by atoms with Crippen molar-refractivity contribution >= 4 is 26.6 Å². The fourth-order valence-corrected chi connectivity index (χ4v) is 6.25. The minimum absolute atomic E-state index is 0.308. The molecule has 2 aliphatic heterocycles. The third-order valence-corrected chi connectivity index (χ3v) is 8.55. The van der Waals surface area contributed by atoms with Crippen molar-refractivity contribution in [2.24, 2.45) is 0 Å². The summed E-state index contributed by atoms with van der Waals surface area (Å²) in [7, 11) is -3.54. The van der Waals surface area contributed by atoms with Crippen molar-refractivity contribution < 1.29 is 13.2 Å². The van der Waals surface area contributed by atoms with Crippen molar-refractivity contribution in [1.82, 2.24) is 18.8 Å². The molecule has 0 bridgehead atoms. The average Bonchev–Trinajstić information content (AvgIpc) is 3.22. The van der Waals surface area contributed by atoms with Gasteiger partial charge in [0.05, 0.1) is 35.7 Å². The molecule has 0 atom stereocenters. The first-order valence-electron chi connectivity index (χ1n) is 12.1. The molecule has 1 fully saturated rings. The van der Waals surface area contributed by atoms with E-state index in [1.165, 1.54) is 15.4 Å². The van der Waals surface area contributed by atoms with E-state index in [4.69, 9.17) is 9.72 Å². The number of hydrogen-bond donors (Lipinski definition) is 0. The molecule has 180 valence electrons. The number of fused-ring (bicyclic) bond motifs is 1. The van der Waals surface area contributed by atoms with Gasteiger partial charge in [0.1, 0.15) is 5.82 Å². The van der Waals surface area contributed by atoms with Crippen LogP contribution >= 0.6 is 0 Å². The van der Waals surface area contributed by atoms with Crippen molar-refractivity contribution in [3.8, 4) is 0 Å². The molecule has 8 heteroatoms. The highest BCUT2D eigenvalue weighted by atomic mass is 32.2. The molecule has 1 aromatic heterocycles. The van der Waals surface area contributed by atoms with E-state index in [0.29, 0.717) is 31.2 Å². The SMILES string of the molecule is CCCn1c(CN2CC=C(c3ccccc3)CC2)nc2cc(S(=O)(=O)N3CCOCC3)ccc21. The Morgan fingerprint density at radius 3 is 2.53 bits per heavy atom. The van der Waals surface area contributed by atoms with Gasteiger partial charge in [-0.25, -0.2) is 13.4 Å². The molecule has 0 aliphatic carbocycles. The summed E-state index contributed by atoms with van der Waals surface area (Å²) < 4.78 is 35.3. The van der Waals surface area contributed by atoms with Gasteiger partial charge in [-0.2, -0.15) is 4.31 Å². The number of aromatic nitrogens is 2. The Morgan fingerprint density at radius 1 is 1.03 bits per heavy atom. The summed E-state index contributed by atoms with van der Waals surface area (Å²) in [6.45, 7) is 7.29. The molecule has 2 aromatic carbocycles. The normalized spacial score (nSPS) is 18.3. The molecule has 0 spiro atoms. The van der Waals surface area contributed by atoms with E-state index in [2.05, 4.69) is 52.8 Å². The molecule has 34 heavy (non-hydrogen) atoms. The van der Waals surface area contributed by atoms with Crippen LogP contribution in [0.25, 0.3) is 16.6 Å². The first-order valence-corrected chi connectivity index (χ1v) is 13.5. The lowest BCUT2D eigenvalue weighted by molar-refractivity contribution is 0.0730. The van der Waals surface area contributed by atoms with Gasteiger partial charge < -0.3 is 9.30 Å². The fourth-order valence-electron chi connectivity index (χ4n) is 4.82. The fraction of sp³-hybridized carbons (Fsp3) is 0.423. The number of benzene rings is 2. The van der Waals surface area contributed by atoms with Crippen LogP contribution in [0, 0.1) is 0 Å². The molecule has 2 aliphatic rings. The molecular formula is C26H32N4O3S. The highest BCUT2D eigenvalue weighted by Gasteiger charge is 2.27. The van der Waals surface area contributed by atoms with E-state index < -0.39 is 10.0 Å². The zero-order valence-corrected chi connectivity index (χ0v) is 20.5. The maximum atomic E-state index is 13.1. The van der Waals surface area contributed by atoms with Crippen molar-refractivity contribution in [1.29, 1.82) is 0 Å². The smallest absolute Gasteiger partial charge is 0.243 e. The largest absolute Gasteiger partial charge is 0.379 e. The second-order valence-corrected chi connectivity index (χ2v) is 10.9. The molecule has 1 saturated heterocycles. The second kappa shape index (κ2) is 10.00. The predicted molar refractivity (Wildman–Crippen MR) is 134 cm³/mol. The zero-order valence-electron chi connectivity index (χ0n) is 19.7. The second-order valence-electron chi connectivity index (χ2n) is 8.93. The van der Waals surface area contributed by atoms with Crippen LogP contribution < -0.4 is 0 Å². The molecule has 0 radical (unpaired) electrons. The van der Waals surface area contributed by atoms with Gasteiger partial charge in [0.15, 0.2) is 0 Å². The van der Waals surface area contributed by atoms with Crippen molar-refractivity contribution in [3.63, 3.8) is 0 Å². The van der Waals surface area contributed by atoms with E-state index in [1.807, 2.05) is 6.07 Å². The van der Waals surface area contributed by atoms with Gasteiger partial charge in [0.2, 0.25) is 10.0 Å². The van der Waals surface area contributed by atoms with E-state index in [1.54, 1.807) is 12.1 Å². The Bertz CT molecular complexity index is 1280. The average molecular weight is 481 g/mol. The zero-order chi connectivity index (χ0) is 23.5. The Kier molecular flexibility index (Phi) is 6.83. The predicted octanol–water partition coefficient (Wildman–Crippen LogP) is 3.76. The van der Waals surface area contributed by atoms with E-state index in [0.717, 1.165) is 55.9 Å². The van der Waals surface area contributed by atoms with Crippen molar-refractivity contribution in [2.45, 2.75) is 37.8 Å². The first kappa shape index (κ1) is 23.2. The van der Waals surface area contributed by atoms with Gasteiger partial charge in [0, 0.05) is 32.7 Å². The molecule has 0 amide bonds. The summed E-state index contributed by atoms with van der Waals surface area (Å²) >= 11 is 0. The number of nitrogens with zero attached hydrogens (tertiary/aromatic N) is 4. The van der Waals surface area contributed by atoms with Gasteiger partial charge in [0.25, 0.3) is 0 Å². The topological polar surface area (TPSA) is 67.7 Å². The van der Waals surface area contributed by atoms with Crippen LogP contribution in [0.4, 0.5) is 0 Å². The van der Waals surface area contributed by atoms with Crippen LogP contribution in [0.15, 0.2) is 59.5 Å². The summed E-state index contributed by atoms with van der Waals surface area (Å²) in [4.78, 5) is 7.63. The number of rotatable bonds is 7.